The van der Waals surface area contributed by atoms with Crippen LogP contribution in [-0.4, -0.2) is 22.4 Å². The fourth-order valence-corrected chi connectivity index (χ4v) is 2.32. The normalized spacial score (nSPS) is 11.8. The van der Waals surface area contributed by atoms with Gasteiger partial charge in [0.2, 0.25) is 0 Å². The molecule has 1 unspecified atom stereocenters. The summed E-state index contributed by atoms with van der Waals surface area (Å²) in [6, 6.07) is 16.3. The Morgan fingerprint density at radius 1 is 1.10 bits per heavy atom. The lowest BCUT2D eigenvalue weighted by molar-refractivity contribution is 0.0941. The van der Waals surface area contributed by atoms with E-state index in [0.717, 1.165) is 6.42 Å². The number of alkyl halides is 1. The molecule has 0 saturated heterocycles. The summed E-state index contributed by atoms with van der Waals surface area (Å²) >= 11 is 3.43. The first kappa shape index (κ1) is 14.6. The van der Waals surface area contributed by atoms with Crippen LogP contribution in [0.4, 0.5) is 0 Å². The van der Waals surface area contributed by atoms with Gasteiger partial charge in [0, 0.05) is 16.9 Å². The van der Waals surface area contributed by atoms with E-state index >= 15 is 0 Å². The number of halogens is 1. The van der Waals surface area contributed by atoms with Gasteiger partial charge in [-0.2, -0.15) is 0 Å². The molecule has 0 radical (unpaired) electrons. The molecule has 0 aliphatic carbocycles. The van der Waals surface area contributed by atoms with Gasteiger partial charge in [0.25, 0.3) is 5.91 Å². The van der Waals surface area contributed by atoms with Crippen molar-refractivity contribution in [3.05, 3.63) is 65.7 Å². The zero-order valence-corrected chi connectivity index (χ0v) is 12.5. The zero-order chi connectivity index (χ0) is 14.4. The second-order valence-electron chi connectivity index (χ2n) is 4.56. The predicted octanol–water partition coefficient (Wildman–Crippen LogP) is 3.13. The van der Waals surface area contributed by atoms with E-state index in [9.17, 15) is 9.90 Å². The molecule has 2 aromatic carbocycles. The molecule has 3 nitrogen and oxygen atoms in total. The first-order valence-electron chi connectivity index (χ1n) is 6.39. The average Bonchev–Trinajstić information content (AvgIpc) is 2.48. The van der Waals surface area contributed by atoms with E-state index in [1.165, 1.54) is 17.7 Å². The van der Waals surface area contributed by atoms with Crippen LogP contribution < -0.4 is 5.32 Å². The van der Waals surface area contributed by atoms with Gasteiger partial charge < -0.3 is 10.4 Å². The molecule has 20 heavy (non-hydrogen) atoms. The lowest BCUT2D eigenvalue weighted by atomic mass is 10.1. The van der Waals surface area contributed by atoms with Gasteiger partial charge >= 0.3 is 0 Å². The third-order valence-corrected chi connectivity index (χ3v) is 3.76. The van der Waals surface area contributed by atoms with Gasteiger partial charge in [-0.3, -0.25) is 4.79 Å². The lowest BCUT2D eigenvalue weighted by Crippen LogP contribution is -2.37. The molecule has 1 atom stereocenters. The Balaban J connectivity index is 1.99. The van der Waals surface area contributed by atoms with Crippen LogP contribution in [0.1, 0.15) is 15.9 Å². The maximum atomic E-state index is 12.1. The van der Waals surface area contributed by atoms with Crippen molar-refractivity contribution in [1.29, 1.82) is 0 Å². The highest BCUT2D eigenvalue weighted by Gasteiger charge is 2.13. The average molecular weight is 334 g/mol. The molecule has 0 spiro atoms. The second kappa shape index (κ2) is 7.10. The van der Waals surface area contributed by atoms with Crippen molar-refractivity contribution in [2.45, 2.75) is 12.5 Å². The number of benzene rings is 2. The van der Waals surface area contributed by atoms with Crippen molar-refractivity contribution in [2.24, 2.45) is 0 Å². The van der Waals surface area contributed by atoms with Crippen LogP contribution in [0.5, 0.6) is 5.75 Å². The van der Waals surface area contributed by atoms with Crippen molar-refractivity contribution >= 4 is 21.8 Å². The molecule has 0 aromatic heterocycles. The van der Waals surface area contributed by atoms with E-state index in [0.29, 0.717) is 10.9 Å². The van der Waals surface area contributed by atoms with Crippen molar-refractivity contribution in [2.75, 3.05) is 5.33 Å². The number of amides is 1. The van der Waals surface area contributed by atoms with Gasteiger partial charge in [-0.15, -0.1) is 0 Å². The molecule has 4 heteroatoms. The number of nitrogens with one attached hydrogen (secondary N) is 1. The van der Waals surface area contributed by atoms with Crippen LogP contribution >= 0.6 is 15.9 Å². The van der Waals surface area contributed by atoms with E-state index in [1.807, 2.05) is 30.3 Å². The number of phenolic OH excluding ortho intramolecular Hbond substituents is 1. The molecule has 0 aliphatic rings. The highest BCUT2D eigenvalue weighted by Crippen LogP contribution is 2.11. The SMILES string of the molecule is O=C(NC(CBr)Cc1ccccc1)c1ccc(O)cc1. The van der Waals surface area contributed by atoms with E-state index in [2.05, 4.69) is 21.2 Å². The lowest BCUT2D eigenvalue weighted by Gasteiger charge is -2.16. The highest BCUT2D eigenvalue weighted by molar-refractivity contribution is 9.09. The minimum absolute atomic E-state index is 0.0266. The predicted molar refractivity (Wildman–Crippen MR) is 83.3 cm³/mol. The number of phenols is 1. The monoisotopic (exact) mass is 333 g/mol. The summed E-state index contributed by atoms with van der Waals surface area (Å²) in [5, 5.41) is 12.9. The topological polar surface area (TPSA) is 49.3 Å². The van der Waals surface area contributed by atoms with Crippen molar-refractivity contribution in [1.82, 2.24) is 5.32 Å². The molecule has 2 N–H and O–H groups in total. The molecule has 104 valence electrons. The first-order valence-corrected chi connectivity index (χ1v) is 7.51. The molecule has 0 aliphatic heterocycles. The van der Waals surface area contributed by atoms with Gasteiger partial charge in [-0.1, -0.05) is 46.3 Å². The Hall–Kier alpha value is -1.81. The first-order chi connectivity index (χ1) is 9.69. The largest absolute Gasteiger partial charge is 0.508 e. The van der Waals surface area contributed by atoms with Gasteiger partial charge in [0.05, 0.1) is 0 Å². The van der Waals surface area contributed by atoms with Gasteiger partial charge in [-0.25, -0.2) is 0 Å². The van der Waals surface area contributed by atoms with Gasteiger partial charge in [0.1, 0.15) is 5.75 Å². The summed E-state index contributed by atoms with van der Waals surface area (Å²) < 4.78 is 0. The highest BCUT2D eigenvalue weighted by atomic mass is 79.9. The maximum absolute atomic E-state index is 12.1. The van der Waals surface area contributed by atoms with Crippen molar-refractivity contribution < 1.29 is 9.90 Å². The Morgan fingerprint density at radius 3 is 2.35 bits per heavy atom. The van der Waals surface area contributed by atoms with E-state index in [-0.39, 0.29) is 17.7 Å². The molecule has 2 aromatic rings. The molecule has 0 saturated carbocycles. The third-order valence-electron chi connectivity index (χ3n) is 2.98. The summed E-state index contributed by atoms with van der Waals surface area (Å²) in [6.45, 7) is 0. The van der Waals surface area contributed by atoms with E-state index in [1.54, 1.807) is 12.1 Å². The summed E-state index contributed by atoms with van der Waals surface area (Å²) in [5.41, 5.74) is 1.73. The van der Waals surface area contributed by atoms with Gasteiger partial charge in [0.15, 0.2) is 0 Å². The van der Waals surface area contributed by atoms with Crippen molar-refractivity contribution in [3.63, 3.8) is 0 Å². The summed E-state index contributed by atoms with van der Waals surface area (Å²) in [6.07, 6.45) is 0.774. The number of hydrogen-bond acceptors (Lipinski definition) is 2. The molecular weight excluding hydrogens is 318 g/mol. The Kier molecular flexibility index (Phi) is 5.18. The third kappa shape index (κ3) is 4.10. The van der Waals surface area contributed by atoms with Crippen LogP contribution in [0, 0.1) is 0 Å². The number of rotatable bonds is 5. The fourth-order valence-electron chi connectivity index (χ4n) is 1.92. The standard InChI is InChI=1S/C16H16BrNO2/c17-11-14(10-12-4-2-1-3-5-12)18-16(20)13-6-8-15(19)9-7-13/h1-9,14,19H,10-11H2,(H,18,20). The van der Waals surface area contributed by atoms with Crippen LogP contribution in [0.15, 0.2) is 54.6 Å². The summed E-state index contributed by atoms with van der Waals surface area (Å²) in [7, 11) is 0. The molecule has 2 rings (SSSR count). The maximum Gasteiger partial charge on any atom is 0.251 e. The number of carbonyl (C=O) groups is 1. The summed E-state index contributed by atoms with van der Waals surface area (Å²) in [4.78, 5) is 12.1. The van der Waals surface area contributed by atoms with Crippen LogP contribution in [0.3, 0.4) is 0 Å². The molecule has 0 fully saturated rings. The smallest absolute Gasteiger partial charge is 0.251 e. The number of aromatic hydroxyl groups is 1. The molecule has 1 amide bonds. The Morgan fingerprint density at radius 2 is 1.75 bits per heavy atom. The number of carbonyl (C=O) groups excluding carboxylic acids is 1. The molecular formula is C16H16BrNO2. The van der Waals surface area contributed by atoms with Crippen LogP contribution in [0.25, 0.3) is 0 Å². The Bertz CT molecular complexity index is 554. The van der Waals surface area contributed by atoms with E-state index < -0.39 is 0 Å². The molecule has 0 bridgehead atoms. The van der Waals surface area contributed by atoms with Crippen molar-refractivity contribution in [3.8, 4) is 5.75 Å². The fraction of sp³-hybridized carbons (Fsp3) is 0.188. The second-order valence-corrected chi connectivity index (χ2v) is 5.21. The zero-order valence-electron chi connectivity index (χ0n) is 10.9. The quantitative estimate of drug-likeness (QED) is 0.826. The van der Waals surface area contributed by atoms with E-state index in [4.69, 9.17) is 0 Å². The minimum Gasteiger partial charge on any atom is -0.508 e. The number of hydrogen-bond donors (Lipinski definition) is 2. The Labute approximate surface area is 126 Å². The van der Waals surface area contributed by atoms with Crippen LogP contribution in [-0.2, 0) is 6.42 Å². The van der Waals surface area contributed by atoms with Gasteiger partial charge in [-0.05, 0) is 36.2 Å². The molecule has 0 heterocycles. The minimum atomic E-state index is -0.134. The summed E-state index contributed by atoms with van der Waals surface area (Å²) in [5.74, 6) is 0.0215. The van der Waals surface area contributed by atoms with Crippen LogP contribution in [0.2, 0.25) is 0 Å².